The van der Waals surface area contributed by atoms with Crippen LogP contribution in [-0.4, -0.2) is 59.7 Å². The summed E-state index contributed by atoms with van der Waals surface area (Å²) in [4.78, 5) is 15.0. The molecule has 0 spiro atoms. The molecule has 1 aliphatic heterocycles. The molecule has 0 aromatic carbocycles. The summed E-state index contributed by atoms with van der Waals surface area (Å²) in [6.07, 6.45) is 1.74. The van der Waals surface area contributed by atoms with Gasteiger partial charge in [0.2, 0.25) is 0 Å². The number of rotatable bonds is 6. The number of aryl methyl sites for hydroxylation is 1. The maximum atomic E-state index is 11.9. The van der Waals surface area contributed by atoms with Crippen molar-refractivity contribution < 1.29 is 4.79 Å². The van der Waals surface area contributed by atoms with Crippen molar-refractivity contribution in [2.24, 2.45) is 0 Å². The van der Waals surface area contributed by atoms with E-state index < -0.39 is 0 Å². The average molecular weight is 283 g/mol. The Labute approximate surface area is 117 Å². The zero-order chi connectivity index (χ0) is 13.5. The van der Waals surface area contributed by atoms with Crippen LogP contribution in [0, 0.1) is 0 Å². The largest absolute Gasteiger partial charge is 0.351 e. The van der Waals surface area contributed by atoms with Gasteiger partial charge in [-0.1, -0.05) is 11.4 Å². The smallest absolute Gasteiger partial charge is 0.264 e. The number of hydrogen-bond acceptors (Lipinski definition) is 6. The van der Waals surface area contributed by atoms with E-state index in [0.717, 1.165) is 51.3 Å². The number of aromatic nitrogens is 2. The molecule has 2 rings (SSSR count). The number of piperazine rings is 1. The minimum Gasteiger partial charge on any atom is -0.351 e. The summed E-state index contributed by atoms with van der Waals surface area (Å²) < 4.78 is 3.83. The summed E-state index contributed by atoms with van der Waals surface area (Å²) in [5.41, 5.74) is 0.796. The van der Waals surface area contributed by atoms with E-state index in [1.165, 1.54) is 11.5 Å². The molecule has 106 valence electrons. The molecule has 0 aliphatic carbocycles. The first-order chi connectivity index (χ1) is 9.31. The van der Waals surface area contributed by atoms with E-state index in [-0.39, 0.29) is 5.91 Å². The lowest BCUT2D eigenvalue weighted by Gasteiger charge is -2.27. The van der Waals surface area contributed by atoms with Gasteiger partial charge in [0.05, 0.1) is 5.69 Å². The second kappa shape index (κ2) is 7.52. The van der Waals surface area contributed by atoms with Crippen LogP contribution >= 0.6 is 11.5 Å². The fourth-order valence-corrected chi connectivity index (χ4v) is 2.80. The van der Waals surface area contributed by atoms with Crippen molar-refractivity contribution in [3.8, 4) is 0 Å². The maximum absolute atomic E-state index is 11.9. The highest BCUT2D eigenvalue weighted by molar-refractivity contribution is 7.08. The quantitative estimate of drug-likeness (QED) is 0.726. The van der Waals surface area contributed by atoms with Crippen molar-refractivity contribution in [1.29, 1.82) is 0 Å². The SMILES string of the molecule is CCc1nnsc1C(=O)NCCCN1CCNCC1. The molecular weight excluding hydrogens is 262 g/mol. The lowest BCUT2D eigenvalue weighted by atomic mass is 10.3. The molecule has 0 radical (unpaired) electrons. The van der Waals surface area contributed by atoms with Crippen LogP contribution in [0.25, 0.3) is 0 Å². The third-order valence-electron chi connectivity index (χ3n) is 3.24. The number of carbonyl (C=O) groups is 1. The van der Waals surface area contributed by atoms with Gasteiger partial charge in [0, 0.05) is 32.7 Å². The van der Waals surface area contributed by atoms with Gasteiger partial charge in [-0.05, 0) is 30.9 Å². The molecule has 0 unspecified atom stereocenters. The molecular formula is C12H21N5OS. The topological polar surface area (TPSA) is 70.2 Å². The van der Waals surface area contributed by atoms with Crippen molar-refractivity contribution >= 4 is 17.4 Å². The van der Waals surface area contributed by atoms with Crippen LogP contribution in [0.5, 0.6) is 0 Å². The zero-order valence-electron chi connectivity index (χ0n) is 11.3. The Balaban J connectivity index is 1.66. The average Bonchev–Trinajstić information content (AvgIpc) is 2.93. The molecule has 0 atom stereocenters. The van der Waals surface area contributed by atoms with Crippen LogP contribution in [0.2, 0.25) is 0 Å². The van der Waals surface area contributed by atoms with E-state index >= 15 is 0 Å². The molecule has 0 saturated carbocycles. The Kier molecular flexibility index (Phi) is 5.68. The van der Waals surface area contributed by atoms with Crippen LogP contribution < -0.4 is 10.6 Å². The molecule has 1 amide bonds. The Morgan fingerprint density at radius 3 is 3.00 bits per heavy atom. The second-order valence-electron chi connectivity index (χ2n) is 4.60. The summed E-state index contributed by atoms with van der Waals surface area (Å²) in [5, 5.41) is 10.2. The minimum absolute atomic E-state index is 0.0350. The van der Waals surface area contributed by atoms with E-state index in [0.29, 0.717) is 11.4 Å². The van der Waals surface area contributed by atoms with Gasteiger partial charge in [-0.15, -0.1) is 5.10 Å². The Bertz CT molecular complexity index is 403. The van der Waals surface area contributed by atoms with Crippen molar-refractivity contribution in [2.45, 2.75) is 19.8 Å². The Hall–Kier alpha value is -1.05. The van der Waals surface area contributed by atoms with Crippen molar-refractivity contribution in [1.82, 2.24) is 25.1 Å². The van der Waals surface area contributed by atoms with Crippen LogP contribution in [0.4, 0.5) is 0 Å². The van der Waals surface area contributed by atoms with Gasteiger partial charge in [0.15, 0.2) is 0 Å². The monoisotopic (exact) mass is 283 g/mol. The van der Waals surface area contributed by atoms with Crippen molar-refractivity contribution in [2.75, 3.05) is 39.3 Å². The normalized spacial score (nSPS) is 16.5. The number of nitrogens with one attached hydrogen (secondary N) is 2. The van der Waals surface area contributed by atoms with Gasteiger partial charge in [-0.2, -0.15) is 0 Å². The van der Waals surface area contributed by atoms with E-state index in [2.05, 4.69) is 25.1 Å². The standard InChI is InChI=1S/C12H21N5OS/c1-2-10-11(19-16-15-10)12(18)14-4-3-7-17-8-5-13-6-9-17/h13H,2-9H2,1H3,(H,14,18). The summed E-state index contributed by atoms with van der Waals surface area (Å²) in [6.45, 7) is 8.09. The third kappa shape index (κ3) is 4.22. The molecule has 19 heavy (non-hydrogen) atoms. The van der Waals surface area contributed by atoms with E-state index in [1.54, 1.807) is 0 Å². The Morgan fingerprint density at radius 2 is 2.26 bits per heavy atom. The van der Waals surface area contributed by atoms with Gasteiger partial charge in [-0.25, -0.2) is 0 Å². The molecule has 1 aromatic rings. The highest BCUT2D eigenvalue weighted by Crippen LogP contribution is 2.10. The zero-order valence-corrected chi connectivity index (χ0v) is 12.1. The van der Waals surface area contributed by atoms with Gasteiger partial charge in [-0.3, -0.25) is 4.79 Å². The molecule has 1 aromatic heterocycles. The summed E-state index contributed by atoms with van der Waals surface area (Å²) >= 11 is 1.18. The fourth-order valence-electron chi connectivity index (χ4n) is 2.13. The van der Waals surface area contributed by atoms with Gasteiger partial charge in [0.25, 0.3) is 5.91 Å². The van der Waals surface area contributed by atoms with Crippen LogP contribution in [0.15, 0.2) is 0 Å². The number of amides is 1. The predicted molar refractivity (Wildman–Crippen MR) is 75.5 cm³/mol. The molecule has 2 heterocycles. The fraction of sp³-hybridized carbons (Fsp3) is 0.750. The molecule has 1 aliphatic rings. The van der Waals surface area contributed by atoms with Crippen LogP contribution in [0.3, 0.4) is 0 Å². The van der Waals surface area contributed by atoms with Gasteiger partial charge in [0.1, 0.15) is 4.88 Å². The lowest BCUT2D eigenvalue weighted by Crippen LogP contribution is -2.44. The van der Waals surface area contributed by atoms with Gasteiger partial charge < -0.3 is 15.5 Å². The van der Waals surface area contributed by atoms with E-state index in [1.807, 2.05) is 6.92 Å². The van der Waals surface area contributed by atoms with Crippen molar-refractivity contribution in [3.63, 3.8) is 0 Å². The first kappa shape index (κ1) is 14.4. The molecule has 1 saturated heterocycles. The molecule has 0 bridgehead atoms. The minimum atomic E-state index is -0.0350. The number of carbonyl (C=O) groups excluding carboxylic acids is 1. The van der Waals surface area contributed by atoms with Crippen molar-refractivity contribution in [3.05, 3.63) is 10.6 Å². The summed E-state index contributed by atoms with van der Waals surface area (Å²) in [6, 6.07) is 0. The first-order valence-electron chi connectivity index (χ1n) is 6.83. The number of nitrogens with zero attached hydrogens (tertiary/aromatic N) is 3. The number of hydrogen-bond donors (Lipinski definition) is 2. The summed E-state index contributed by atoms with van der Waals surface area (Å²) in [7, 11) is 0. The highest BCUT2D eigenvalue weighted by Gasteiger charge is 2.14. The second-order valence-corrected chi connectivity index (χ2v) is 5.36. The maximum Gasteiger partial charge on any atom is 0.264 e. The lowest BCUT2D eigenvalue weighted by molar-refractivity contribution is 0.0954. The molecule has 6 nitrogen and oxygen atoms in total. The van der Waals surface area contributed by atoms with E-state index in [9.17, 15) is 4.79 Å². The molecule has 1 fully saturated rings. The highest BCUT2D eigenvalue weighted by atomic mass is 32.1. The molecule has 7 heteroatoms. The van der Waals surface area contributed by atoms with Gasteiger partial charge >= 0.3 is 0 Å². The van der Waals surface area contributed by atoms with Crippen LogP contribution in [-0.2, 0) is 6.42 Å². The third-order valence-corrected chi connectivity index (χ3v) is 4.01. The Morgan fingerprint density at radius 1 is 1.47 bits per heavy atom. The predicted octanol–water partition coefficient (Wildman–Crippen LogP) is 0.126. The first-order valence-corrected chi connectivity index (χ1v) is 7.61. The molecule has 2 N–H and O–H groups in total. The van der Waals surface area contributed by atoms with Crippen LogP contribution in [0.1, 0.15) is 28.7 Å². The van der Waals surface area contributed by atoms with E-state index in [4.69, 9.17) is 0 Å². The summed E-state index contributed by atoms with van der Waals surface area (Å²) in [5.74, 6) is -0.0350.